The zero-order valence-electron chi connectivity index (χ0n) is 14.0. The third-order valence-electron chi connectivity index (χ3n) is 4.40. The molecule has 6 heteroatoms. The average Bonchev–Trinajstić information content (AvgIpc) is 3.28. The van der Waals surface area contributed by atoms with Crippen LogP contribution in [0.3, 0.4) is 0 Å². The molecule has 26 heavy (non-hydrogen) atoms. The van der Waals surface area contributed by atoms with E-state index >= 15 is 0 Å². The molecule has 4 rings (SSSR count). The number of rotatable bonds is 5. The highest BCUT2D eigenvalue weighted by atomic mass is 16.3. The molecule has 0 saturated heterocycles. The Hall–Kier alpha value is -3.41. The van der Waals surface area contributed by atoms with E-state index in [1.54, 1.807) is 47.8 Å². The number of nitrogens with one attached hydrogen (secondary N) is 1. The first-order valence-electron chi connectivity index (χ1n) is 8.33. The number of fused-ring (bicyclic) bond motifs is 1. The second-order valence-electron chi connectivity index (χ2n) is 6.08. The van der Waals surface area contributed by atoms with Crippen LogP contribution in [0.25, 0.3) is 0 Å². The quantitative estimate of drug-likeness (QED) is 0.770. The molecular formula is C20H17N3O3. The van der Waals surface area contributed by atoms with Crippen LogP contribution in [-0.4, -0.2) is 21.7 Å². The van der Waals surface area contributed by atoms with Crippen molar-refractivity contribution in [1.29, 1.82) is 0 Å². The first-order valence-corrected chi connectivity index (χ1v) is 8.33. The summed E-state index contributed by atoms with van der Waals surface area (Å²) in [5.41, 5.74) is 2.17. The van der Waals surface area contributed by atoms with E-state index in [4.69, 9.17) is 4.42 Å². The Morgan fingerprint density at radius 1 is 1.15 bits per heavy atom. The molecule has 1 N–H and O–H groups in total. The predicted molar refractivity (Wildman–Crippen MR) is 93.8 cm³/mol. The number of hydrogen-bond acceptors (Lipinski definition) is 4. The van der Waals surface area contributed by atoms with Gasteiger partial charge in [-0.25, -0.2) is 0 Å². The zero-order valence-corrected chi connectivity index (χ0v) is 14.0. The Bertz CT molecular complexity index is 922. The van der Waals surface area contributed by atoms with Gasteiger partial charge in [-0.2, -0.15) is 0 Å². The van der Waals surface area contributed by atoms with Gasteiger partial charge >= 0.3 is 0 Å². The third kappa shape index (κ3) is 2.97. The van der Waals surface area contributed by atoms with Gasteiger partial charge in [0.25, 0.3) is 5.91 Å². The van der Waals surface area contributed by atoms with Gasteiger partial charge in [0.05, 0.1) is 12.8 Å². The molecule has 1 aliphatic rings. The maximum Gasteiger partial charge on any atom is 0.255 e. The molecule has 130 valence electrons. The van der Waals surface area contributed by atoms with Crippen molar-refractivity contribution < 1.29 is 14.0 Å². The van der Waals surface area contributed by atoms with Crippen molar-refractivity contribution >= 4 is 11.8 Å². The van der Waals surface area contributed by atoms with Gasteiger partial charge in [0.1, 0.15) is 11.8 Å². The van der Waals surface area contributed by atoms with Crippen LogP contribution in [0.15, 0.2) is 71.6 Å². The van der Waals surface area contributed by atoms with E-state index in [9.17, 15) is 9.59 Å². The molecule has 0 unspecified atom stereocenters. The lowest BCUT2D eigenvalue weighted by atomic mass is 10.0. The molecule has 1 atom stereocenters. The van der Waals surface area contributed by atoms with Crippen molar-refractivity contribution in [2.24, 2.45) is 0 Å². The Balaban J connectivity index is 1.59. The van der Waals surface area contributed by atoms with E-state index in [-0.39, 0.29) is 18.4 Å². The first kappa shape index (κ1) is 16.1. The maximum atomic E-state index is 12.9. The van der Waals surface area contributed by atoms with Crippen molar-refractivity contribution in [3.8, 4) is 0 Å². The van der Waals surface area contributed by atoms with Crippen LogP contribution < -0.4 is 5.32 Å². The second-order valence-corrected chi connectivity index (χ2v) is 6.08. The lowest BCUT2D eigenvalue weighted by Gasteiger charge is -2.23. The maximum absolute atomic E-state index is 12.9. The molecule has 6 nitrogen and oxygen atoms in total. The summed E-state index contributed by atoms with van der Waals surface area (Å²) in [5, 5.41) is 2.91. The number of carbonyl (C=O) groups is 2. The van der Waals surface area contributed by atoms with Gasteiger partial charge in [-0.3, -0.25) is 14.6 Å². The molecule has 0 bridgehead atoms. The van der Waals surface area contributed by atoms with E-state index in [0.29, 0.717) is 23.4 Å². The fourth-order valence-corrected chi connectivity index (χ4v) is 3.17. The van der Waals surface area contributed by atoms with Gasteiger partial charge in [-0.05, 0) is 35.4 Å². The van der Waals surface area contributed by atoms with E-state index in [2.05, 4.69) is 10.3 Å². The van der Waals surface area contributed by atoms with Gasteiger partial charge < -0.3 is 14.6 Å². The SMILES string of the molecule is O=C(NCc1cccnc1)[C@H]1c2ccccc2C(=O)N1Cc1ccco1. The number of furan rings is 1. The Kier molecular flexibility index (Phi) is 4.23. The summed E-state index contributed by atoms with van der Waals surface area (Å²) in [5.74, 6) is 0.244. The Morgan fingerprint density at radius 3 is 2.81 bits per heavy atom. The fraction of sp³-hybridized carbons (Fsp3) is 0.150. The van der Waals surface area contributed by atoms with Crippen LogP contribution in [0.1, 0.15) is 33.3 Å². The number of pyridine rings is 1. The number of amides is 2. The van der Waals surface area contributed by atoms with Crippen LogP contribution in [-0.2, 0) is 17.9 Å². The van der Waals surface area contributed by atoms with Crippen molar-refractivity contribution in [1.82, 2.24) is 15.2 Å². The average molecular weight is 347 g/mol. The van der Waals surface area contributed by atoms with Crippen molar-refractivity contribution in [3.05, 3.63) is 89.6 Å². The molecule has 0 aliphatic carbocycles. The summed E-state index contributed by atoms with van der Waals surface area (Å²) in [7, 11) is 0. The minimum absolute atomic E-state index is 0.168. The molecule has 0 fully saturated rings. The highest BCUT2D eigenvalue weighted by Crippen LogP contribution is 2.35. The van der Waals surface area contributed by atoms with E-state index < -0.39 is 6.04 Å². The lowest BCUT2D eigenvalue weighted by Crippen LogP contribution is -2.38. The molecule has 1 aliphatic heterocycles. The second kappa shape index (κ2) is 6.84. The Morgan fingerprint density at radius 2 is 2.04 bits per heavy atom. The highest BCUT2D eigenvalue weighted by molar-refractivity contribution is 6.04. The van der Waals surface area contributed by atoms with Crippen molar-refractivity contribution in [3.63, 3.8) is 0 Å². The zero-order chi connectivity index (χ0) is 17.9. The van der Waals surface area contributed by atoms with Crippen molar-refractivity contribution in [2.45, 2.75) is 19.1 Å². The van der Waals surface area contributed by atoms with Gasteiger partial charge in [0.2, 0.25) is 5.91 Å². The van der Waals surface area contributed by atoms with Crippen molar-refractivity contribution in [2.75, 3.05) is 0 Å². The lowest BCUT2D eigenvalue weighted by molar-refractivity contribution is -0.126. The van der Waals surface area contributed by atoms with E-state index in [1.807, 2.05) is 24.3 Å². The molecule has 3 aromatic rings. The first-order chi connectivity index (χ1) is 12.7. The van der Waals surface area contributed by atoms with Crippen LogP contribution in [0.5, 0.6) is 0 Å². The Labute approximate surface area is 150 Å². The highest BCUT2D eigenvalue weighted by Gasteiger charge is 2.41. The van der Waals surface area contributed by atoms with E-state index in [0.717, 1.165) is 5.56 Å². The largest absolute Gasteiger partial charge is 0.467 e. The number of benzene rings is 1. The summed E-state index contributed by atoms with van der Waals surface area (Å²) in [6.45, 7) is 0.597. The molecule has 1 aromatic carbocycles. The minimum Gasteiger partial charge on any atom is -0.467 e. The fourth-order valence-electron chi connectivity index (χ4n) is 3.17. The summed E-state index contributed by atoms with van der Waals surface area (Å²) < 4.78 is 5.37. The van der Waals surface area contributed by atoms with Gasteiger partial charge in [0, 0.05) is 24.5 Å². The van der Waals surface area contributed by atoms with Crippen LogP contribution in [0.2, 0.25) is 0 Å². The standard InChI is InChI=1S/C20H17N3O3/c24-19(22-12-14-5-3-9-21-11-14)18-16-7-1-2-8-17(16)20(25)23(18)13-15-6-4-10-26-15/h1-11,18H,12-13H2,(H,22,24)/t18-/m1/s1. The normalized spacial score (nSPS) is 15.8. The van der Waals surface area contributed by atoms with Gasteiger partial charge in [0.15, 0.2) is 0 Å². The van der Waals surface area contributed by atoms with Crippen LogP contribution in [0.4, 0.5) is 0 Å². The topological polar surface area (TPSA) is 75.4 Å². The summed E-state index contributed by atoms with van der Waals surface area (Å²) in [6, 6.07) is 13.8. The van der Waals surface area contributed by atoms with Gasteiger partial charge in [-0.15, -0.1) is 0 Å². The van der Waals surface area contributed by atoms with E-state index in [1.165, 1.54) is 0 Å². The van der Waals surface area contributed by atoms with Crippen LogP contribution in [0, 0.1) is 0 Å². The summed E-state index contributed by atoms with van der Waals surface area (Å²) in [4.78, 5) is 31.3. The minimum atomic E-state index is -0.680. The molecule has 2 amide bonds. The summed E-state index contributed by atoms with van der Waals surface area (Å²) >= 11 is 0. The number of carbonyl (C=O) groups excluding carboxylic acids is 2. The third-order valence-corrected chi connectivity index (χ3v) is 4.40. The molecule has 0 saturated carbocycles. The number of aromatic nitrogens is 1. The number of hydrogen-bond donors (Lipinski definition) is 1. The molecule has 0 radical (unpaired) electrons. The monoisotopic (exact) mass is 347 g/mol. The molecule has 3 heterocycles. The molecule has 2 aromatic heterocycles. The predicted octanol–water partition coefficient (Wildman–Crippen LogP) is 2.69. The van der Waals surface area contributed by atoms with Crippen LogP contribution >= 0.6 is 0 Å². The smallest absolute Gasteiger partial charge is 0.255 e. The van der Waals surface area contributed by atoms with Gasteiger partial charge in [-0.1, -0.05) is 24.3 Å². The molecular weight excluding hydrogens is 330 g/mol. The number of nitrogens with zero attached hydrogens (tertiary/aromatic N) is 2. The summed E-state index contributed by atoms with van der Waals surface area (Å²) in [6.07, 6.45) is 4.94. The molecule has 0 spiro atoms.